The first-order valence-corrected chi connectivity index (χ1v) is 9.12. The largest absolute Gasteiger partial charge is 0.484 e. The maximum absolute atomic E-state index is 13.0. The summed E-state index contributed by atoms with van der Waals surface area (Å²) in [5.74, 6) is 0.179. The van der Waals surface area contributed by atoms with E-state index in [0.717, 1.165) is 12.1 Å². The van der Waals surface area contributed by atoms with E-state index in [2.05, 4.69) is 25.9 Å². The van der Waals surface area contributed by atoms with Gasteiger partial charge in [-0.3, -0.25) is 14.3 Å². The number of hydrazine groups is 1. The zero-order chi connectivity index (χ0) is 19.6. The molecule has 0 saturated carbocycles. The third kappa shape index (κ3) is 4.13. The molecule has 1 aromatic carbocycles. The predicted molar refractivity (Wildman–Crippen MR) is 101 cm³/mol. The normalized spacial score (nSPS) is 14.5. The molecular formula is C20H26N4O3. The minimum Gasteiger partial charge on any atom is -0.484 e. The SMILES string of the molecule is Cn1nc(C(C)(C)C)cc1C(=O)N1CCCN1C(=O)COc1ccccc1. The third-order valence-electron chi connectivity index (χ3n) is 4.53. The van der Waals surface area contributed by atoms with Crippen LogP contribution in [-0.4, -0.2) is 51.3 Å². The standard InChI is InChI=1S/C20H26N4O3/c1-20(2,3)17-13-16(22(4)21-17)19(26)24-12-8-11-23(24)18(25)14-27-15-9-6-5-7-10-15/h5-7,9-10,13H,8,11-12,14H2,1-4H3. The van der Waals surface area contributed by atoms with Crippen LogP contribution in [0.1, 0.15) is 43.4 Å². The Morgan fingerprint density at radius 3 is 2.41 bits per heavy atom. The number of aryl methyl sites for hydroxylation is 1. The molecule has 2 heterocycles. The van der Waals surface area contributed by atoms with Crippen molar-refractivity contribution >= 4 is 11.8 Å². The Morgan fingerprint density at radius 1 is 1.11 bits per heavy atom. The van der Waals surface area contributed by atoms with Gasteiger partial charge in [-0.15, -0.1) is 0 Å². The van der Waals surface area contributed by atoms with Crippen LogP contribution in [0.15, 0.2) is 36.4 Å². The Labute approximate surface area is 159 Å². The highest BCUT2D eigenvalue weighted by atomic mass is 16.5. The number of rotatable bonds is 4. The van der Waals surface area contributed by atoms with Gasteiger partial charge in [-0.05, 0) is 24.6 Å². The summed E-state index contributed by atoms with van der Waals surface area (Å²) in [6.07, 6.45) is 0.743. The molecule has 0 spiro atoms. The second-order valence-electron chi connectivity index (χ2n) is 7.69. The summed E-state index contributed by atoms with van der Waals surface area (Å²) >= 11 is 0. The Bertz CT molecular complexity index is 823. The Hall–Kier alpha value is -2.83. The van der Waals surface area contributed by atoms with Gasteiger partial charge in [0.1, 0.15) is 11.4 Å². The quantitative estimate of drug-likeness (QED) is 0.829. The van der Waals surface area contributed by atoms with Crippen LogP contribution in [0.25, 0.3) is 0 Å². The maximum atomic E-state index is 13.0. The van der Waals surface area contributed by atoms with Crippen LogP contribution in [0.2, 0.25) is 0 Å². The van der Waals surface area contributed by atoms with E-state index in [4.69, 9.17) is 4.74 Å². The third-order valence-corrected chi connectivity index (χ3v) is 4.53. The van der Waals surface area contributed by atoms with Gasteiger partial charge in [0.25, 0.3) is 11.8 Å². The number of para-hydroxylation sites is 1. The van der Waals surface area contributed by atoms with Crippen molar-refractivity contribution in [2.75, 3.05) is 19.7 Å². The zero-order valence-corrected chi connectivity index (χ0v) is 16.3. The lowest BCUT2D eigenvalue weighted by atomic mass is 9.92. The van der Waals surface area contributed by atoms with Crippen molar-refractivity contribution in [2.24, 2.45) is 7.05 Å². The molecule has 1 aliphatic heterocycles. The van der Waals surface area contributed by atoms with Crippen LogP contribution < -0.4 is 4.74 Å². The summed E-state index contributed by atoms with van der Waals surface area (Å²) in [6.45, 7) is 7.06. The summed E-state index contributed by atoms with van der Waals surface area (Å²) in [5.41, 5.74) is 1.17. The molecule has 1 aliphatic rings. The van der Waals surface area contributed by atoms with Crippen LogP contribution in [0.5, 0.6) is 5.75 Å². The van der Waals surface area contributed by atoms with Crippen LogP contribution in [-0.2, 0) is 17.3 Å². The van der Waals surface area contributed by atoms with E-state index in [1.165, 1.54) is 10.0 Å². The van der Waals surface area contributed by atoms with Crippen molar-refractivity contribution in [3.8, 4) is 5.75 Å². The van der Waals surface area contributed by atoms with E-state index < -0.39 is 0 Å². The maximum Gasteiger partial charge on any atom is 0.290 e. The van der Waals surface area contributed by atoms with Crippen molar-refractivity contribution in [3.63, 3.8) is 0 Å². The van der Waals surface area contributed by atoms with E-state index in [-0.39, 0.29) is 23.8 Å². The molecule has 0 radical (unpaired) electrons. The monoisotopic (exact) mass is 370 g/mol. The van der Waals surface area contributed by atoms with E-state index >= 15 is 0 Å². The molecule has 1 fully saturated rings. The lowest BCUT2D eigenvalue weighted by Crippen LogP contribution is -2.47. The fraction of sp³-hybridized carbons (Fsp3) is 0.450. The second-order valence-corrected chi connectivity index (χ2v) is 7.69. The topological polar surface area (TPSA) is 67.7 Å². The molecule has 0 bridgehead atoms. The first kappa shape index (κ1) is 18.9. The summed E-state index contributed by atoms with van der Waals surface area (Å²) in [4.78, 5) is 25.6. The van der Waals surface area contributed by atoms with Gasteiger partial charge in [0.2, 0.25) is 0 Å². The number of carbonyl (C=O) groups is 2. The van der Waals surface area contributed by atoms with Crippen molar-refractivity contribution in [1.82, 2.24) is 19.8 Å². The average molecular weight is 370 g/mol. The Balaban J connectivity index is 1.71. The fourth-order valence-corrected chi connectivity index (χ4v) is 2.98. The summed E-state index contributed by atoms with van der Waals surface area (Å²) in [6, 6.07) is 11.0. The Morgan fingerprint density at radius 2 is 1.78 bits per heavy atom. The molecule has 0 N–H and O–H groups in total. The molecule has 0 unspecified atom stereocenters. The molecule has 27 heavy (non-hydrogen) atoms. The van der Waals surface area contributed by atoms with E-state index in [1.54, 1.807) is 23.9 Å². The van der Waals surface area contributed by atoms with Gasteiger partial charge in [-0.2, -0.15) is 5.10 Å². The molecule has 0 aliphatic carbocycles. The Kier molecular flexibility index (Phi) is 5.21. The predicted octanol–water partition coefficient (Wildman–Crippen LogP) is 2.39. The minimum atomic E-state index is -0.233. The van der Waals surface area contributed by atoms with Crippen molar-refractivity contribution in [1.29, 1.82) is 0 Å². The molecule has 0 atom stereocenters. The lowest BCUT2D eigenvalue weighted by molar-refractivity contribution is -0.142. The number of carbonyl (C=O) groups excluding carboxylic acids is 2. The molecular weight excluding hydrogens is 344 g/mol. The van der Waals surface area contributed by atoms with Crippen LogP contribution in [0.4, 0.5) is 0 Å². The highest BCUT2D eigenvalue weighted by Crippen LogP contribution is 2.23. The van der Waals surface area contributed by atoms with Crippen molar-refractivity contribution in [2.45, 2.75) is 32.6 Å². The van der Waals surface area contributed by atoms with Gasteiger partial charge >= 0.3 is 0 Å². The van der Waals surface area contributed by atoms with Crippen molar-refractivity contribution in [3.05, 3.63) is 47.8 Å². The van der Waals surface area contributed by atoms with Crippen molar-refractivity contribution < 1.29 is 14.3 Å². The lowest BCUT2D eigenvalue weighted by Gasteiger charge is -2.27. The molecule has 1 saturated heterocycles. The highest BCUT2D eigenvalue weighted by molar-refractivity contribution is 5.94. The van der Waals surface area contributed by atoms with Gasteiger partial charge in [0.05, 0.1) is 5.69 Å². The van der Waals surface area contributed by atoms with E-state index in [9.17, 15) is 9.59 Å². The first-order valence-electron chi connectivity index (χ1n) is 9.12. The van der Waals surface area contributed by atoms with Gasteiger partial charge in [-0.25, -0.2) is 10.0 Å². The second kappa shape index (κ2) is 7.42. The molecule has 7 heteroatoms. The minimum absolute atomic E-state index is 0.105. The zero-order valence-electron chi connectivity index (χ0n) is 16.3. The summed E-state index contributed by atoms with van der Waals surface area (Å²) in [7, 11) is 1.75. The van der Waals surface area contributed by atoms with Gasteiger partial charge in [-0.1, -0.05) is 39.0 Å². The number of nitrogens with zero attached hydrogens (tertiary/aromatic N) is 4. The summed E-state index contributed by atoms with van der Waals surface area (Å²) in [5, 5.41) is 7.44. The molecule has 144 valence electrons. The number of aromatic nitrogens is 2. The van der Waals surface area contributed by atoms with Crippen LogP contribution >= 0.6 is 0 Å². The number of hydrogen-bond donors (Lipinski definition) is 0. The fourth-order valence-electron chi connectivity index (χ4n) is 2.98. The molecule has 2 amide bonds. The number of benzene rings is 1. The van der Waals surface area contributed by atoms with Crippen LogP contribution in [0.3, 0.4) is 0 Å². The molecule has 3 rings (SSSR count). The highest BCUT2D eigenvalue weighted by Gasteiger charge is 2.33. The molecule has 2 aromatic rings. The van der Waals surface area contributed by atoms with E-state index in [1.807, 2.05) is 24.3 Å². The number of amides is 2. The van der Waals surface area contributed by atoms with Gasteiger partial charge in [0.15, 0.2) is 6.61 Å². The van der Waals surface area contributed by atoms with E-state index in [0.29, 0.717) is 24.5 Å². The summed E-state index contributed by atoms with van der Waals surface area (Å²) < 4.78 is 7.13. The smallest absolute Gasteiger partial charge is 0.290 e. The van der Waals surface area contributed by atoms with Crippen LogP contribution in [0, 0.1) is 0 Å². The number of hydrogen-bond acceptors (Lipinski definition) is 4. The molecule has 1 aromatic heterocycles. The first-order chi connectivity index (χ1) is 12.8. The van der Waals surface area contributed by atoms with Gasteiger partial charge in [0, 0.05) is 25.6 Å². The number of ether oxygens (including phenoxy) is 1. The molecule has 7 nitrogen and oxygen atoms in total. The average Bonchev–Trinajstić information content (AvgIpc) is 3.26. The van der Waals surface area contributed by atoms with Gasteiger partial charge < -0.3 is 4.74 Å².